The van der Waals surface area contributed by atoms with Crippen LogP contribution in [0.1, 0.15) is 38.2 Å². The van der Waals surface area contributed by atoms with E-state index in [0.29, 0.717) is 10.7 Å². The van der Waals surface area contributed by atoms with Gasteiger partial charge < -0.3 is 5.32 Å². The van der Waals surface area contributed by atoms with Crippen LogP contribution in [0.15, 0.2) is 61.1 Å². The molecule has 4 nitrogen and oxygen atoms in total. The zero-order valence-electron chi connectivity index (χ0n) is 16.0. The van der Waals surface area contributed by atoms with Gasteiger partial charge in [0.05, 0.1) is 12.5 Å². The number of carbonyl (C=O) groups excluding carboxylic acids is 1. The van der Waals surface area contributed by atoms with Gasteiger partial charge in [-0.3, -0.25) is 9.36 Å². The monoisotopic (exact) mass is 381 g/mol. The molecule has 3 rings (SSSR count). The number of aromatic nitrogens is 2. The zero-order valence-corrected chi connectivity index (χ0v) is 16.8. The summed E-state index contributed by atoms with van der Waals surface area (Å²) in [6.07, 6.45) is 3.25. The summed E-state index contributed by atoms with van der Waals surface area (Å²) < 4.78 is 1.80. The molecule has 140 valence electrons. The Labute approximate surface area is 165 Å². The second kappa shape index (κ2) is 7.57. The van der Waals surface area contributed by atoms with Gasteiger partial charge in [-0.1, -0.05) is 56.6 Å². The standard InChI is InChI=1S/C22H24ClN3O/c1-15(22(2,3)4)25-21(27)20-13-24-14-26(20)19-10-6-8-17(12-19)16-7-5-9-18(23)11-16/h5-15H,1-4H3,(H,25,27)/t15-/m0/s1. The van der Waals surface area contributed by atoms with Gasteiger partial charge in [0.1, 0.15) is 5.69 Å². The maximum Gasteiger partial charge on any atom is 0.270 e. The number of benzene rings is 2. The van der Waals surface area contributed by atoms with Crippen LogP contribution in [0.25, 0.3) is 16.8 Å². The van der Waals surface area contributed by atoms with Crippen LogP contribution in [0, 0.1) is 5.41 Å². The maximum atomic E-state index is 12.8. The van der Waals surface area contributed by atoms with E-state index >= 15 is 0 Å². The van der Waals surface area contributed by atoms with Gasteiger partial charge >= 0.3 is 0 Å². The van der Waals surface area contributed by atoms with Gasteiger partial charge in [-0.2, -0.15) is 0 Å². The van der Waals surface area contributed by atoms with Crippen molar-refractivity contribution in [2.75, 3.05) is 0 Å². The second-order valence-corrected chi connectivity index (χ2v) is 8.21. The minimum Gasteiger partial charge on any atom is -0.348 e. The SMILES string of the molecule is C[C@H](NC(=O)c1cncn1-c1cccc(-c2cccc(Cl)c2)c1)C(C)(C)C. The van der Waals surface area contributed by atoms with E-state index in [1.165, 1.54) is 0 Å². The fourth-order valence-corrected chi connectivity index (χ4v) is 2.85. The summed E-state index contributed by atoms with van der Waals surface area (Å²) in [5, 5.41) is 3.76. The predicted octanol–water partition coefficient (Wildman–Crippen LogP) is 5.36. The Morgan fingerprint density at radius 2 is 1.78 bits per heavy atom. The Balaban J connectivity index is 1.92. The van der Waals surface area contributed by atoms with Gasteiger partial charge in [0.15, 0.2) is 0 Å². The van der Waals surface area contributed by atoms with Crippen LogP contribution in [-0.4, -0.2) is 21.5 Å². The lowest BCUT2D eigenvalue weighted by Gasteiger charge is -2.28. The van der Waals surface area contributed by atoms with E-state index in [2.05, 4.69) is 31.1 Å². The normalized spacial score (nSPS) is 12.6. The molecule has 0 aliphatic heterocycles. The fourth-order valence-electron chi connectivity index (χ4n) is 2.66. The van der Waals surface area contributed by atoms with E-state index in [0.717, 1.165) is 16.8 Å². The molecule has 0 saturated carbocycles. The summed E-state index contributed by atoms with van der Waals surface area (Å²) in [5.74, 6) is -0.136. The smallest absolute Gasteiger partial charge is 0.270 e. The Morgan fingerprint density at radius 1 is 1.11 bits per heavy atom. The largest absolute Gasteiger partial charge is 0.348 e. The van der Waals surface area contributed by atoms with Crippen molar-refractivity contribution in [2.45, 2.75) is 33.7 Å². The molecular formula is C22H24ClN3O. The summed E-state index contributed by atoms with van der Waals surface area (Å²) in [5.41, 5.74) is 3.41. The van der Waals surface area contributed by atoms with Crippen molar-refractivity contribution in [3.8, 4) is 16.8 Å². The third-order valence-electron chi connectivity index (χ3n) is 4.80. The van der Waals surface area contributed by atoms with Gasteiger partial charge in [0.25, 0.3) is 5.91 Å². The molecule has 2 aromatic carbocycles. The summed E-state index contributed by atoms with van der Waals surface area (Å²) in [4.78, 5) is 17.0. The van der Waals surface area contributed by atoms with Gasteiger partial charge in [-0.05, 0) is 47.7 Å². The summed E-state index contributed by atoms with van der Waals surface area (Å²) in [6.45, 7) is 8.31. The highest BCUT2D eigenvalue weighted by Crippen LogP contribution is 2.25. The maximum absolute atomic E-state index is 12.8. The topological polar surface area (TPSA) is 46.9 Å². The number of rotatable bonds is 4. The molecule has 3 aromatic rings. The molecule has 0 aliphatic rings. The van der Waals surface area contributed by atoms with Crippen molar-refractivity contribution < 1.29 is 4.79 Å². The van der Waals surface area contributed by atoms with Crippen LogP contribution in [0.5, 0.6) is 0 Å². The van der Waals surface area contributed by atoms with Crippen molar-refractivity contribution in [1.29, 1.82) is 0 Å². The Kier molecular flexibility index (Phi) is 5.38. The Hall–Kier alpha value is -2.59. The second-order valence-electron chi connectivity index (χ2n) is 7.77. The molecule has 0 saturated heterocycles. The minimum absolute atomic E-state index is 0.0208. The predicted molar refractivity (Wildman–Crippen MR) is 110 cm³/mol. The molecule has 27 heavy (non-hydrogen) atoms. The molecule has 1 atom stereocenters. The first-order valence-electron chi connectivity index (χ1n) is 8.95. The zero-order chi connectivity index (χ0) is 19.6. The summed E-state index contributed by atoms with van der Waals surface area (Å²) in [6, 6.07) is 15.7. The number of hydrogen-bond donors (Lipinski definition) is 1. The van der Waals surface area contributed by atoms with Crippen LogP contribution < -0.4 is 5.32 Å². The number of halogens is 1. The van der Waals surface area contributed by atoms with Crippen LogP contribution in [0.4, 0.5) is 0 Å². The highest BCUT2D eigenvalue weighted by Gasteiger charge is 2.23. The summed E-state index contributed by atoms with van der Waals surface area (Å²) >= 11 is 6.12. The van der Waals surface area contributed by atoms with Crippen molar-refractivity contribution >= 4 is 17.5 Å². The van der Waals surface area contributed by atoms with Crippen molar-refractivity contribution in [2.24, 2.45) is 5.41 Å². The van der Waals surface area contributed by atoms with Crippen LogP contribution in [-0.2, 0) is 0 Å². The van der Waals surface area contributed by atoms with Crippen molar-refractivity contribution in [3.63, 3.8) is 0 Å². The molecular weight excluding hydrogens is 358 g/mol. The number of nitrogens with zero attached hydrogens (tertiary/aromatic N) is 2. The van der Waals surface area contributed by atoms with Crippen molar-refractivity contribution in [1.82, 2.24) is 14.9 Å². The fraction of sp³-hybridized carbons (Fsp3) is 0.273. The molecule has 0 unspecified atom stereocenters. The minimum atomic E-state index is -0.136. The number of carbonyl (C=O) groups is 1. The first kappa shape index (κ1) is 19.2. The molecule has 5 heteroatoms. The average molecular weight is 382 g/mol. The van der Waals surface area contributed by atoms with Gasteiger partial charge in [0.2, 0.25) is 0 Å². The Bertz CT molecular complexity index is 956. The van der Waals surface area contributed by atoms with E-state index < -0.39 is 0 Å². The van der Waals surface area contributed by atoms with E-state index in [9.17, 15) is 4.79 Å². The number of imidazole rings is 1. The third-order valence-corrected chi connectivity index (χ3v) is 5.04. The van der Waals surface area contributed by atoms with E-state index in [4.69, 9.17) is 11.6 Å². The molecule has 1 amide bonds. The highest BCUT2D eigenvalue weighted by molar-refractivity contribution is 6.30. The van der Waals surface area contributed by atoms with E-state index in [1.54, 1.807) is 17.1 Å². The van der Waals surface area contributed by atoms with Crippen molar-refractivity contribution in [3.05, 3.63) is 71.8 Å². The molecule has 1 heterocycles. The first-order chi connectivity index (χ1) is 12.8. The Morgan fingerprint density at radius 3 is 2.44 bits per heavy atom. The average Bonchev–Trinajstić information content (AvgIpc) is 3.11. The molecule has 1 N–H and O–H groups in total. The first-order valence-corrected chi connectivity index (χ1v) is 9.33. The highest BCUT2D eigenvalue weighted by atomic mass is 35.5. The lowest BCUT2D eigenvalue weighted by Crippen LogP contribution is -2.41. The van der Waals surface area contributed by atoms with Crippen LogP contribution in [0.3, 0.4) is 0 Å². The number of hydrogen-bond acceptors (Lipinski definition) is 2. The molecule has 0 aliphatic carbocycles. The summed E-state index contributed by atoms with van der Waals surface area (Å²) in [7, 11) is 0. The van der Waals surface area contributed by atoms with E-state index in [1.807, 2.05) is 55.5 Å². The van der Waals surface area contributed by atoms with Crippen LogP contribution >= 0.6 is 11.6 Å². The van der Waals surface area contributed by atoms with Gasteiger partial charge in [0, 0.05) is 16.8 Å². The molecule has 0 spiro atoms. The quantitative estimate of drug-likeness (QED) is 0.661. The van der Waals surface area contributed by atoms with Gasteiger partial charge in [-0.15, -0.1) is 0 Å². The molecule has 0 fully saturated rings. The van der Waals surface area contributed by atoms with Gasteiger partial charge in [-0.25, -0.2) is 4.98 Å². The molecule has 1 aromatic heterocycles. The molecule has 0 radical (unpaired) electrons. The third kappa shape index (κ3) is 4.40. The lowest BCUT2D eigenvalue weighted by atomic mass is 9.88. The molecule has 0 bridgehead atoms. The van der Waals surface area contributed by atoms with E-state index in [-0.39, 0.29) is 17.4 Å². The number of nitrogens with one attached hydrogen (secondary N) is 1. The van der Waals surface area contributed by atoms with Crippen LogP contribution in [0.2, 0.25) is 5.02 Å². The number of amides is 1. The lowest BCUT2D eigenvalue weighted by molar-refractivity contribution is 0.0903.